The number of hydrogen-bond donors (Lipinski definition) is 1. The molecule has 1 aromatic carbocycles. The second-order valence-corrected chi connectivity index (χ2v) is 5.59. The molecule has 1 aliphatic rings. The average molecular weight is 324 g/mol. The maximum absolute atomic E-state index is 13.5. The second-order valence-electron chi connectivity index (χ2n) is 5.18. The highest BCUT2D eigenvalue weighted by molar-refractivity contribution is 6.31. The van der Waals surface area contributed by atoms with E-state index < -0.39 is 0 Å². The van der Waals surface area contributed by atoms with Gasteiger partial charge < -0.3 is 14.6 Å². The predicted octanol–water partition coefficient (Wildman–Crippen LogP) is 2.27. The fourth-order valence-corrected chi connectivity index (χ4v) is 2.99. The van der Waals surface area contributed by atoms with E-state index >= 15 is 0 Å². The van der Waals surface area contributed by atoms with Gasteiger partial charge in [-0.15, -0.1) is 0 Å². The van der Waals surface area contributed by atoms with Gasteiger partial charge in [-0.2, -0.15) is 0 Å². The quantitative estimate of drug-likeness (QED) is 0.941. The number of methoxy groups -OCH3 is 1. The molecule has 5 nitrogen and oxygen atoms in total. The van der Waals surface area contributed by atoms with Crippen molar-refractivity contribution in [3.05, 3.63) is 56.3 Å². The average Bonchev–Trinajstić information content (AvgIpc) is 2.46. The molecule has 2 aromatic rings. The number of aromatic nitrogens is 2. The van der Waals surface area contributed by atoms with Crippen LogP contribution in [-0.2, 0) is 24.3 Å². The number of ether oxygens (including phenoxy) is 1. The van der Waals surface area contributed by atoms with E-state index in [1.807, 2.05) is 4.90 Å². The maximum Gasteiger partial charge on any atom is 0.253 e. The molecule has 0 radical (unpaired) electrons. The van der Waals surface area contributed by atoms with Crippen LogP contribution in [0.15, 0.2) is 23.0 Å². The van der Waals surface area contributed by atoms with E-state index in [9.17, 15) is 9.18 Å². The Morgan fingerprint density at radius 1 is 1.45 bits per heavy atom. The lowest BCUT2D eigenvalue weighted by molar-refractivity contribution is 0.177. The standard InChI is InChI=1S/C15H15ClFN3O2/c1-22-8-13-18-14(6-15(21)19-13)20-3-2-11-9(7-20)4-10(17)5-12(11)16/h4-6H,2-3,7-8H2,1H3,(H,18,19,21). The minimum absolute atomic E-state index is 0.230. The number of halogens is 2. The number of H-pyrrole nitrogens is 1. The summed E-state index contributed by atoms with van der Waals surface area (Å²) in [5, 5.41) is 0.452. The molecular formula is C15H15ClFN3O2. The molecule has 116 valence electrons. The van der Waals surface area contributed by atoms with Crippen LogP contribution in [0.25, 0.3) is 0 Å². The van der Waals surface area contributed by atoms with Crippen LogP contribution < -0.4 is 10.5 Å². The van der Waals surface area contributed by atoms with Crippen molar-refractivity contribution < 1.29 is 9.13 Å². The van der Waals surface area contributed by atoms with Crippen LogP contribution >= 0.6 is 11.6 Å². The summed E-state index contributed by atoms with van der Waals surface area (Å²) in [6, 6.07) is 4.25. The summed E-state index contributed by atoms with van der Waals surface area (Å²) < 4.78 is 18.5. The van der Waals surface area contributed by atoms with Crippen LogP contribution in [0.2, 0.25) is 5.02 Å². The zero-order valence-electron chi connectivity index (χ0n) is 12.0. The Labute approximate surface area is 131 Å². The first-order valence-corrected chi connectivity index (χ1v) is 7.25. The van der Waals surface area contributed by atoms with E-state index in [-0.39, 0.29) is 18.0 Å². The number of nitrogens with zero attached hydrogens (tertiary/aromatic N) is 2. The molecule has 0 aliphatic carbocycles. The SMILES string of the molecule is COCc1nc(N2CCc3c(Cl)cc(F)cc3C2)cc(=O)[nH]1. The number of benzene rings is 1. The van der Waals surface area contributed by atoms with Crippen LogP contribution in [0, 0.1) is 5.82 Å². The van der Waals surface area contributed by atoms with Gasteiger partial charge in [0.15, 0.2) is 0 Å². The Kier molecular flexibility index (Phi) is 4.13. The largest absolute Gasteiger partial charge is 0.377 e. The van der Waals surface area contributed by atoms with E-state index in [1.54, 1.807) is 0 Å². The maximum atomic E-state index is 13.5. The van der Waals surface area contributed by atoms with Crippen LogP contribution in [-0.4, -0.2) is 23.6 Å². The molecule has 0 bridgehead atoms. The van der Waals surface area contributed by atoms with Gasteiger partial charge >= 0.3 is 0 Å². The minimum atomic E-state index is -0.357. The van der Waals surface area contributed by atoms with E-state index in [4.69, 9.17) is 16.3 Å². The second kappa shape index (κ2) is 6.06. The van der Waals surface area contributed by atoms with Gasteiger partial charge in [-0.05, 0) is 29.7 Å². The summed E-state index contributed by atoms with van der Waals surface area (Å²) in [6.45, 7) is 1.37. The molecule has 1 N–H and O–H groups in total. The molecule has 0 saturated carbocycles. The van der Waals surface area contributed by atoms with Gasteiger partial charge in [0, 0.05) is 31.3 Å². The molecule has 0 saturated heterocycles. The lowest BCUT2D eigenvalue weighted by Crippen LogP contribution is -2.32. The van der Waals surface area contributed by atoms with Crippen molar-refractivity contribution in [1.82, 2.24) is 9.97 Å². The van der Waals surface area contributed by atoms with Gasteiger partial charge in [0.1, 0.15) is 24.1 Å². The van der Waals surface area contributed by atoms with Crippen molar-refractivity contribution in [1.29, 1.82) is 0 Å². The minimum Gasteiger partial charge on any atom is -0.377 e. The van der Waals surface area contributed by atoms with Gasteiger partial charge in [-0.3, -0.25) is 4.79 Å². The number of fused-ring (bicyclic) bond motifs is 1. The van der Waals surface area contributed by atoms with Gasteiger partial charge in [-0.25, -0.2) is 9.37 Å². The van der Waals surface area contributed by atoms with Crippen molar-refractivity contribution in [2.75, 3.05) is 18.6 Å². The molecule has 7 heteroatoms. The van der Waals surface area contributed by atoms with Gasteiger partial charge in [0.25, 0.3) is 5.56 Å². The van der Waals surface area contributed by atoms with Gasteiger partial charge in [0.2, 0.25) is 0 Å². The molecule has 0 spiro atoms. The first-order chi connectivity index (χ1) is 10.6. The van der Waals surface area contributed by atoms with Gasteiger partial charge in [-0.1, -0.05) is 11.6 Å². The van der Waals surface area contributed by atoms with Crippen molar-refractivity contribution in [2.45, 2.75) is 19.6 Å². The van der Waals surface area contributed by atoms with E-state index in [0.717, 1.165) is 11.1 Å². The number of anilines is 1. The zero-order chi connectivity index (χ0) is 15.7. The Balaban J connectivity index is 1.93. The van der Waals surface area contributed by atoms with Crippen LogP contribution in [0.1, 0.15) is 17.0 Å². The first-order valence-electron chi connectivity index (χ1n) is 6.87. The molecule has 3 rings (SSSR count). The topological polar surface area (TPSA) is 58.2 Å². The third-order valence-corrected chi connectivity index (χ3v) is 3.97. The highest BCUT2D eigenvalue weighted by Gasteiger charge is 2.21. The Morgan fingerprint density at radius 2 is 2.27 bits per heavy atom. The summed E-state index contributed by atoms with van der Waals surface area (Å²) in [4.78, 5) is 20.7. The smallest absolute Gasteiger partial charge is 0.253 e. The fraction of sp³-hybridized carbons (Fsp3) is 0.333. The number of rotatable bonds is 3. The molecule has 1 aromatic heterocycles. The third kappa shape index (κ3) is 2.98. The third-order valence-electron chi connectivity index (χ3n) is 3.63. The lowest BCUT2D eigenvalue weighted by atomic mass is 9.99. The summed E-state index contributed by atoms with van der Waals surface area (Å²) >= 11 is 6.09. The van der Waals surface area contributed by atoms with Gasteiger partial charge in [0.05, 0.1) is 0 Å². The van der Waals surface area contributed by atoms with Crippen LogP contribution in [0.3, 0.4) is 0 Å². The Morgan fingerprint density at radius 3 is 3.05 bits per heavy atom. The molecular weight excluding hydrogens is 309 g/mol. The van der Waals surface area contributed by atoms with Crippen LogP contribution in [0.4, 0.5) is 10.2 Å². The number of hydrogen-bond acceptors (Lipinski definition) is 4. The predicted molar refractivity (Wildman–Crippen MR) is 81.7 cm³/mol. The van der Waals surface area contributed by atoms with E-state index in [0.29, 0.717) is 36.2 Å². The molecule has 0 atom stereocenters. The highest BCUT2D eigenvalue weighted by atomic mass is 35.5. The fourth-order valence-electron chi connectivity index (χ4n) is 2.67. The monoisotopic (exact) mass is 323 g/mol. The molecule has 1 aliphatic heterocycles. The highest BCUT2D eigenvalue weighted by Crippen LogP contribution is 2.29. The number of aromatic amines is 1. The molecule has 22 heavy (non-hydrogen) atoms. The van der Waals surface area contributed by atoms with Crippen molar-refractivity contribution in [3.8, 4) is 0 Å². The molecule has 0 fully saturated rings. The number of nitrogens with one attached hydrogen (secondary N) is 1. The molecule has 2 heterocycles. The summed E-state index contributed by atoms with van der Waals surface area (Å²) in [5.41, 5.74) is 1.55. The van der Waals surface area contributed by atoms with E-state index in [2.05, 4.69) is 9.97 Å². The van der Waals surface area contributed by atoms with Crippen molar-refractivity contribution in [2.24, 2.45) is 0 Å². The zero-order valence-corrected chi connectivity index (χ0v) is 12.8. The summed E-state index contributed by atoms with van der Waals surface area (Å²) in [7, 11) is 1.54. The Hall–Kier alpha value is -1.92. The Bertz CT molecular complexity index is 763. The lowest BCUT2D eigenvalue weighted by Gasteiger charge is -2.30. The van der Waals surface area contributed by atoms with Crippen molar-refractivity contribution >= 4 is 17.4 Å². The van der Waals surface area contributed by atoms with Crippen molar-refractivity contribution in [3.63, 3.8) is 0 Å². The summed E-state index contributed by atoms with van der Waals surface area (Å²) in [6.07, 6.45) is 0.683. The van der Waals surface area contributed by atoms with E-state index in [1.165, 1.54) is 25.3 Å². The summed E-state index contributed by atoms with van der Waals surface area (Å²) in [5.74, 6) is 0.666. The normalized spacial score (nSPS) is 14.0. The molecule has 0 unspecified atom stereocenters. The first kappa shape index (κ1) is 15.0. The molecule has 0 amide bonds. The van der Waals surface area contributed by atoms with Crippen LogP contribution in [0.5, 0.6) is 0 Å².